The second kappa shape index (κ2) is 10.6. The van der Waals surface area contributed by atoms with E-state index in [2.05, 4.69) is 46.1 Å². The maximum atomic E-state index is 12.7. The van der Waals surface area contributed by atoms with E-state index in [1.807, 2.05) is 57.3 Å². The molecule has 2 atom stereocenters. The van der Waals surface area contributed by atoms with Crippen molar-refractivity contribution in [2.45, 2.75) is 78.4 Å². The largest absolute Gasteiger partial charge is 0.494 e. The van der Waals surface area contributed by atoms with Crippen LogP contribution in [0.2, 0.25) is 0 Å². The van der Waals surface area contributed by atoms with Crippen LogP contribution in [0.25, 0.3) is 0 Å². The molecule has 2 N–H and O–H groups in total. The first-order valence-corrected chi connectivity index (χ1v) is 14.2. The van der Waals surface area contributed by atoms with Gasteiger partial charge in [-0.05, 0) is 74.8 Å². The SMILES string of the molecule is COc1cc(N2C(=S)N[C@H](c3ccccn3)[C@@H]2c2cc(C)n(C3CCCC3)c2C)ccc1NC(=O)C(C)(C)C. The van der Waals surface area contributed by atoms with Gasteiger partial charge < -0.3 is 24.8 Å². The summed E-state index contributed by atoms with van der Waals surface area (Å²) in [6.45, 7) is 10.1. The van der Waals surface area contributed by atoms with Crippen LogP contribution in [0.15, 0.2) is 48.7 Å². The van der Waals surface area contributed by atoms with Crippen molar-refractivity contribution < 1.29 is 9.53 Å². The van der Waals surface area contributed by atoms with Crippen molar-refractivity contribution in [3.63, 3.8) is 0 Å². The molecule has 0 unspecified atom stereocenters. The summed E-state index contributed by atoms with van der Waals surface area (Å²) in [5.41, 5.74) is 5.76. The van der Waals surface area contributed by atoms with Gasteiger partial charge >= 0.3 is 0 Å². The highest BCUT2D eigenvalue weighted by molar-refractivity contribution is 7.80. The van der Waals surface area contributed by atoms with Gasteiger partial charge in [-0.25, -0.2) is 0 Å². The summed E-state index contributed by atoms with van der Waals surface area (Å²) in [7, 11) is 1.62. The van der Waals surface area contributed by atoms with Crippen LogP contribution >= 0.6 is 12.2 Å². The summed E-state index contributed by atoms with van der Waals surface area (Å²) in [6, 6.07) is 14.5. The maximum Gasteiger partial charge on any atom is 0.229 e. The molecular weight excluding hydrogens is 506 g/mol. The van der Waals surface area contributed by atoms with Crippen molar-refractivity contribution >= 4 is 34.6 Å². The molecule has 39 heavy (non-hydrogen) atoms. The van der Waals surface area contributed by atoms with E-state index in [1.165, 1.54) is 42.6 Å². The van der Waals surface area contributed by atoms with E-state index in [9.17, 15) is 4.79 Å². The molecular formula is C31H39N5O2S. The summed E-state index contributed by atoms with van der Waals surface area (Å²) < 4.78 is 8.27. The van der Waals surface area contributed by atoms with Crippen LogP contribution in [0.3, 0.4) is 0 Å². The van der Waals surface area contributed by atoms with E-state index in [-0.39, 0.29) is 18.0 Å². The van der Waals surface area contributed by atoms with Gasteiger partial charge in [0.2, 0.25) is 5.91 Å². The van der Waals surface area contributed by atoms with Gasteiger partial charge in [-0.3, -0.25) is 9.78 Å². The number of benzene rings is 1. The number of hydrogen-bond acceptors (Lipinski definition) is 4. The molecule has 1 aliphatic carbocycles. The minimum Gasteiger partial charge on any atom is -0.494 e. The normalized spacial score (nSPS) is 19.8. The fourth-order valence-electron chi connectivity index (χ4n) is 6.02. The van der Waals surface area contributed by atoms with E-state index in [4.69, 9.17) is 21.9 Å². The fourth-order valence-corrected chi connectivity index (χ4v) is 6.36. The number of ether oxygens (including phenoxy) is 1. The van der Waals surface area contributed by atoms with E-state index >= 15 is 0 Å². The fraction of sp³-hybridized carbons (Fsp3) is 0.452. The second-order valence-corrected chi connectivity index (χ2v) is 12.1. The van der Waals surface area contributed by atoms with E-state index in [0.29, 0.717) is 22.6 Å². The van der Waals surface area contributed by atoms with Crippen molar-refractivity contribution in [2.24, 2.45) is 5.41 Å². The number of nitrogens with zero attached hydrogens (tertiary/aromatic N) is 3. The Balaban J connectivity index is 1.59. The van der Waals surface area contributed by atoms with Crippen molar-refractivity contribution in [1.82, 2.24) is 14.9 Å². The highest BCUT2D eigenvalue weighted by atomic mass is 32.1. The lowest BCUT2D eigenvalue weighted by Crippen LogP contribution is -2.30. The molecule has 206 valence electrons. The summed E-state index contributed by atoms with van der Waals surface area (Å²) in [5.74, 6) is 0.517. The molecule has 0 bridgehead atoms. The van der Waals surface area contributed by atoms with Crippen molar-refractivity contribution in [3.8, 4) is 5.75 Å². The molecule has 0 radical (unpaired) electrons. The van der Waals surface area contributed by atoms with Crippen molar-refractivity contribution in [2.75, 3.05) is 17.3 Å². The molecule has 3 heterocycles. The molecule has 2 aromatic heterocycles. The number of nitrogens with one attached hydrogen (secondary N) is 2. The zero-order chi connectivity index (χ0) is 27.9. The number of amides is 1. The standard InChI is InChI=1S/C31H39N5O2S/c1-19-17-23(20(2)35(19)21-11-7-8-12-21)28-27(25-13-9-10-16-32-25)34-30(39)36(28)22-14-15-24(26(18-22)38-6)33-29(37)31(3,4)5/h9-10,13-18,21,27-28H,7-8,11-12H2,1-6H3,(H,33,37)(H,34,39)/t27-,28+/m1/s1. The zero-order valence-corrected chi connectivity index (χ0v) is 24.6. The third-order valence-electron chi connectivity index (χ3n) is 8.02. The zero-order valence-electron chi connectivity index (χ0n) is 23.7. The molecule has 1 aromatic carbocycles. The number of anilines is 2. The van der Waals surface area contributed by atoms with Crippen molar-refractivity contribution in [3.05, 3.63) is 71.3 Å². The lowest BCUT2D eigenvalue weighted by atomic mass is 9.95. The minimum atomic E-state index is -0.521. The molecule has 1 amide bonds. The predicted octanol–water partition coefficient (Wildman–Crippen LogP) is 6.79. The first-order valence-electron chi connectivity index (χ1n) is 13.8. The van der Waals surface area contributed by atoms with Gasteiger partial charge in [0, 0.05) is 40.8 Å². The van der Waals surface area contributed by atoms with E-state index < -0.39 is 5.41 Å². The number of thiocarbonyl (C=S) groups is 1. The summed E-state index contributed by atoms with van der Waals surface area (Å²) in [6.07, 6.45) is 6.85. The van der Waals surface area contributed by atoms with Crippen LogP contribution in [0.4, 0.5) is 11.4 Å². The molecule has 8 heteroatoms. The first kappa shape index (κ1) is 27.2. The Kier molecular flexibility index (Phi) is 7.42. The second-order valence-electron chi connectivity index (χ2n) is 11.7. The lowest BCUT2D eigenvalue weighted by Gasteiger charge is -2.29. The van der Waals surface area contributed by atoms with Gasteiger partial charge in [-0.1, -0.05) is 39.7 Å². The highest BCUT2D eigenvalue weighted by Gasteiger charge is 2.43. The summed E-state index contributed by atoms with van der Waals surface area (Å²) in [4.78, 5) is 19.6. The van der Waals surface area contributed by atoms with Crippen molar-refractivity contribution in [1.29, 1.82) is 0 Å². The van der Waals surface area contributed by atoms with E-state index in [0.717, 1.165) is 11.4 Å². The quantitative estimate of drug-likeness (QED) is 0.333. The minimum absolute atomic E-state index is 0.0700. The van der Waals surface area contributed by atoms with Crippen LogP contribution in [0.1, 0.15) is 87.2 Å². The highest BCUT2D eigenvalue weighted by Crippen LogP contribution is 2.46. The predicted molar refractivity (Wildman–Crippen MR) is 160 cm³/mol. The topological polar surface area (TPSA) is 71.4 Å². The number of carbonyl (C=O) groups is 1. The molecule has 1 saturated carbocycles. The lowest BCUT2D eigenvalue weighted by molar-refractivity contribution is -0.123. The maximum absolute atomic E-state index is 12.7. The van der Waals surface area contributed by atoms with Crippen LogP contribution in [0, 0.1) is 19.3 Å². The average Bonchev–Trinajstić information content (AvgIpc) is 3.62. The number of aromatic nitrogens is 2. The molecule has 1 aliphatic heterocycles. The molecule has 1 saturated heterocycles. The number of carbonyl (C=O) groups excluding carboxylic acids is 1. The van der Waals surface area contributed by atoms with Gasteiger partial charge in [0.1, 0.15) is 5.75 Å². The van der Waals surface area contributed by atoms with Gasteiger partial charge in [0.15, 0.2) is 5.11 Å². The van der Waals surface area contributed by atoms with Crippen LogP contribution in [-0.2, 0) is 4.79 Å². The Labute approximate surface area is 237 Å². The van der Waals surface area contributed by atoms with Crippen LogP contribution < -0.4 is 20.3 Å². The third-order valence-corrected chi connectivity index (χ3v) is 8.34. The molecule has 2 aliphatic rings. The number of methoxy groups -OCH3 is 1. The number of hydrogen-bond donors (Lipinski definition) is 2. The molecule has 5 rings (SSSR count). The summed E-state index contributed by atoms with van der Waals surface area (Å²) in [5, 5.41) is 7.22. The molecule has 2 fully saturated rings. The van der Waals surface area contributed by atoms with E-state index in [1.54, 1.807) is 7.11 Å². The third kappa shape index (κ3) is 5.14. The first-order chi connectivity index (χ1) is 18.6. The molecule has 3 aromatic rings. The van der Waals surface area contributed by atoms with Gasteiger partial charge in [-0.15, -0.1) is 0 Å². The Morgan fingerprint density at radius 2 is 1.87 bits per heavy atom. The Bertz CT molecular complexity index is 1370. The smallest absolute Gasteiger partial charge is 0.229 e. The average molecular weight is 546 g/mol. The number of pyridine rings is 1. The van der Waals surface area contributed by atoms with Crippen LogP contribution in [0.5, 0.6) is 5.75 Å². The van der Waals surface area contributed by atoms with Gasteiger partial charge in [-0.2, -0.15) is 0 Å². The Morgan fingerprint density at radius 3 is 2.51 bits per heavy atom. The van der Waals surface area contributed by atoms with Gasteiger partial charge in [0.05, 0.1) is 30.6 Å². The monoisotopic (exact) mass is 545 g/mol. The number of aryl methyl sites for hydroxylation is 1. The van der Waals surface area contributed by atoms with Crippen LogP contribution in [-0.4, -0.2) is 27.7 Å². The Hall–Kier alpha value is -3.39. The molecule has 7 nitrogen and oxygen atoms in total. The summed E-state index contributed by atoms with van der Waals surface area (Å²) >= 11 is 5.97. The molecule has 0 spiro atoms. The Morgan fingerprint density at radius 1 is 1.13 bits per heavy atom. The van der Waals surface area contributed by atoms with Gasteiger partial charge in [0.25, 0.3) is 0 Å². The number of rotatable bonds is 6.